The van der Waals surface area contributed by atoms with E-state index in [-0.39, 0.29) is 11.9 Å². The van der Waals surface area contributed by atoms with Gasteiger partial charge >= 0.3 is 5.97 Å². The number of ether oxygens (including phenoxy) is 2. The van der Waals surface area contributed by atoms with Crippen molar-refractivity contribution in [3.8, 4) is 5.75 Å². The lowest BCUT2D eigenvalue weighted by Crippen LogP contribution is -2.36. The summed E-state index contributed by atoms with van der Waals surface area (Å²) < 4.78 is 12.8. The molecular weight excluding hydrogens is 501 g/mol. The van der Waals surface area contributed by atoms with Crippen molar-refractivity contribution in [1.29, 1.82) is 0 Å². The molecule has 2 aliphatic rings. The van der Waals surface area contributed by atoms with E-state index in [4.69, 9.17) is 9.47 Å². The summed E-state index contributed by atoms with van der Waals surface area (Å²) in [5, 5.41) is 2.54. The second kappa shape index (κ2) is 10.5. The third-order valence-electron chi connectivity index (χ3n) is 6.85. The second-order valence-corrected chi connectivity index (χ2v) is 10.3. The molecule has 2 aromatic rings. The van der Waals surface area contributed by atoms with Crippen molar-refractivity contribution in [2.24, 2.45) is 11.8 Å². The first kappa shape index (κ1) is 22.8. The Hall–Kier alpha value is -1.34. The number of rotatable bonds is 6. The minimum absolute atomic E-state index is 0.0248. The molecule has 4 nitrogen and oxygen atoms in total. The smallest absolute Gasteiger partial charge is 0.309 e. The molecule has 5 heteroatoms. The molecule has 1 aliphatic heterocycles. The number of nitrogens with zero attached hydrogens (tertiary/aromatic N) is 1. The van der Waals surface area contributed by atoms with Crippen LogP contribution >= 0.6 is 22.6 Å². The van der Waals surface area contributed by atoms with Gasteiger partial charge in [0.25, 0.3) is 0 Å². The molecule has 1 saturated carbocycles. The van der Waals surface area contributed by atoms with Gasteiger partial charge in [0.15, 0.2) is 0 Å². The summed E-state index contributed by atoms with van der Waals surface area (Å²) in [5.74, 6) is 1.91. The molecule has 0 radical (unpaired) electrons. The SMILES string of the molecule is CCOC(=O)C1CCN(Cc2ccc3c(I)c(OC4CCC(C)CC4)ccc3c2)CC1. The highest BCUT2D eigenvalue weighted by molar-refractivity contribution is 14.1. The molecule has 0 amide bonds. The fourth-order valence-electron chi connectivity index (χ4n) is 4.88. The third-order valence-corrected chi connectivity index (χ3v) is 7.97. The molecular formula is C26H34INO3. The Morgan fingerprint density at radius 1 is 1.06 bits per heavy atom. The van der Waals surface area contributed by atoms with E-state index in [9.17, 15) is 4.79 Å². The van der Waals surface area contributed by atoms with E-state index in [2.05, 4.69) is 64.7 Å². The van der Waals surface area contributed by atoms with E-state index < -0.39 is 0 Å². The standard InChI is InChI=1S/C26H34INO3/c1-3-30-26(29)20-12-14-28(15-13-20)17-19-6-10-23-21(16-19)7-11-24(25(23)27)31-22-8-4-18(2)5-9-22/h6-7,10-11,16,18,20,22H,3-5,8-9,12-15,17H2,1-2H3. The summed E-state index contributed by atoms with van der Waals surface area (Å²) in [5.41, 5.74) is 1.33. The normalized spacial score (nSPS) is 23.1. The van der Waals surface area contributed by atoms with Gasteiger partial charge in [-0.1, -0.05) is 25.1 Å². The van der Waals surface area contributed by atoms with Crippen LogP contribution < -0.4 is 4.74 Å². The summed E-state index contributed by atoms with van der Waals surface area (Å²) in [4.78, 5) is 14.4. The zero-order chi connectivity index (χ0) is 21.8. The molecule has 1 heterocycles. The largest absolute Gasteiger partial charge is 0.489 e. The van der Waals surface area contributed by atoms with Crippen LogP contribution in [0.4, 0.5) is 0 Å². The molecule has 2 aromatic carbocycles. The van der Waals surface area contributed by atoms with Gasteiger partial charge in [-0.3, -0.25) is 9.69 Å². The topological polar surface area (TPSA) is 38.8 Å². The molecule has 2 fully saturated rings. The van der Waals surface area contributed by atoms with Gasteiger partial charge in [0, 0.05) is 6.54 Å². The van der Waals surface area contributed by atoms with Crippen molar-refractivity contribution in [2.75, 3.05) is 19.7 Å². The molecule has 0 bridgehead atoms. The summed E-state index contributed by atoms with van der Waals surface area (Å²) in [6.45, 7) is 7.52. The predicted octanol–water partition coefficient (Wildman–Crippen LogP) is 6.18. The van der Waals surface area contributed by atoms with Gasteiger partial charge in [-0.2, -0.15) is 0 Å². The first-order valence-electron chi connectivity index (χ1n) is 11.8. The van der Waals surface area contributed by atoms with E-state index in [1.807, 2.05) is 6.92 Å². The Kier molecular flexibility index (Phi) is 7.75. The highest BCUT2D eigenvalue weighted by Gasteiger charge is 2.26. The number of hydrogen-bond donors (Lipinski definition) is 0. The van der Waals surface area contributed by atoms with Crippen molar-refractivity contribution < 1.29 is 14.3 Å². The lowest BCUT2D eigenvalue weighted by Gasteiger charge is -2.30. The van der Waals surface area contributed by atoms with Crippen LogP contribution in [0.2, 0.25) is 0 Å². The first-order valence-corrected chi connectivity index (χ1v) is 12.9. The molecule has 0 unspecified atom stereocenters. The average molecular weight is 535 g/mol. The number of carbonyl (C=O) groups excluding carboxylic acids is 1. The lowest BCUT2D eigenvalue weighted by atomic mass is 9.89. The molecule has 1 saturated heterocycles. The molecule has 0 spiro atoms. The molecule has 0 N–H and O–H groups in total. The summed E-state index contributed by atoms with van der Waals surface area (Å²) in [7, 11) is 0. The van der Waals surface area contributed by atoms with Crippen molar-refractivity contribution in [3.63, 3.8) is 0 Å². The van der Waals surface area contributed by atoms with Crippen LogP contribution in [-0.2, 0) is 16.1 Å². The van der Waals surface area contributed by atoms with E-state index in [1.165, 1.54) is 45.6 Å². The number of piperidine rings is 1. The lowest BCUT2D eigenvalue weighted by molar-refractivity contribution is -0.149. The predicted molar refractivity (Wildman–Crippen MR) is 133 cm³/mol. The number of fused-ring (bicyclic) bond motifs is 1. The van der Waals surface area contributed by atoms with Gasteiger partial charge in [0.1, 0.15) is 5.75 Å². The van der Waals surface area contributed by atoms with Crippen molar-refractivity contribution >= 4 is 39.3 Å². The van der Waals surface area contributed by atoms with Crippen LogP contribution in [-0.4, -0.2) is 36.7 Å². The highest BCUT2D eigenvalue weighted by Crippen LogP contribution is 2.34. The molecule has 1 aliphatic carbocycles. The Labute approximate surface area is 199 Å². The Bertz CT molecular complexity index is 899. The number of carbonyl (C=O) groups is 1. The quantitative estimate of drug-likeness (QED) is 0.327. The van der Waals surface area contributed by atoms with Gasteiger partial charge < -0.3 is 9.47 Å². The molecule has 4 rings (SSSR count). The van der Waals surface area contributed by atoms with Crippen LogP contribution in [0, 0.1) is 15.4 Å². The zero-order valence-corrected chi connectivity index (χ0v) is 20.9. The zero-order valence-electron chi connectivity index (χ0n) is 18.7. The summed E-state index contributed by atoms with van der Waals surface area (Å²) in [6, 6.07) is 11.1. The van der Waals surface area contributed by atoms with Gasteiger partial charge in [0.2, 0.25) is 0 Å². The molecule has 168 valence electrons. The van der Waals surface area contributed by atoms with Gasteiger partial charge in [-0.05, 0) is 116 Å². The molecule has 0 aromatic heterocycles. The third kappa shape index (κ3) is 5.72. The van der Waals surface area contributed by atoms with E-state index in [0.717, 1.165) is 44.1 Å². The van der Waals surface area contributed by atoms with Crippen LogP contribution in [0.25, 0.3) is 10.8 Å². The first-order chi connectivity index (χ1) is 15.0. The Balaban J connectivity index is 1.38. The van der Waals surface area contributed by atoms with Gasteiger partial charge in [-0.25, -0.2) is 0 Å². The van der Waals surface area contributed by atoms with Gasteiger partial charge in [0.05, 0.1) is 22.2 Å². The molecule has 31 heavy (non-hydrogen) atoms. The van der Waals surface area contributed by atoms with E-state index in [1.54, 1.807) is 0 Å². The fourth-order valence-corrected chi connectivity index (χ4v) is 5.68. The maximum Gasteiger partial charge on any atom is 0.309 e. The minimum Gasteiger partial charge on any atom is -0.489 e. The van der Waals surface area contributed by atoms with Crippen LogP contribution in [0.5, 0.6) is 5.75 Å². The monoisotopic (exact) mass is 535 g/mol. The fraction of sp³-hybridized carbons (Fsp3) is 0.577. The Morgan fingerprint density at radius 3 is 2.52 bits per heavy atom. The molecule has 0 atom stereocenters. The number of likely N-dealkylation sites (tertiary alicyclic amines) is 1. The van der Waals surface area contributed by atoms with Crippen molar-refractivity contribution in [1.82, 2.24) is 4.90 Å². The van der Waals surface area contributed by atoms with Gasteiger partial charge in [-0.15, -0.1) is 0 Å². The number of benzene rings is 2. The average Bonchev–Trinajstić information content (AvgIpc) is 2.78. The number of halogens is 1. The summed E-state index contributed by atoms with van der Waals surface area (Å²) in [6.07, 6.45) is 7.03. The van der Waals surface area contributed by atoms with E-state index >= 15 is 0 Å². The second-order valence-electron chi connectivity index (χ2n) is 9.24. The number of esters is 1. The van der Waals surface area contributed by atoms with Crippen molar-refractivity contribution in [3.05, 3.63) is 39.5 Å². The highest BCUT2D eigenvalue weighted by atomic mass is 127. The van der Waals surface area contributed by atoms with Crippen LogP contribution in [0.1, 0.15) is 57.9 Å². The van der Waals surface area contributed by atoms with Crippen molar-refractivity contribution in [2.45, 2.75) is 65.0 Å². The van der Waals surface area contributed by atoms with Crippen LogP contribution in [0.3, 0.4) is 0 Å². The number of hydrogen-bond acceptors (Lipinski definition) is 4. The van der Waals surface area contributed by atoms with Crippen LogP contribution in [0.15, 0.2) is 30.3 Å². The Morgan fingerprint density at radius 2 is 1.81 bits per heavy atom. The maximum absolute atomic E-state index is 12.0. The minimum atomic E-state index is -0.0248. The van der Waals surface area contributed by atoms with E-state index in [0.29, 0.717) is 12.7 Å². The summed E-state index contributed by atoms with van der Waals surface area (Å²) >= 11 is 2.44. The maximum atomic E-state index is 12.0.